The molecule has 0 aromatic carbocycles. The van der Waals surface area contributed by atoms with E-state index in [2.05, 4.69) is 31.9 Å². The standard InChI is InChI=1S/C29H31F3N8O2/c1-29(2,42)26(30)15-35-27(41)22-14-34-24(25-8-7-21-9-17(11-33)12-37-40(21)25)10-23(22)38-20-5-3-18(4-6-20)19-13-36-39(16-19)28(31)32/h7-10,12-14,16,18,20,26,28,42H,3-6,15H2,1-2H3,(H,34,38)(H,35,41). The van der Waals surface area contributed by atoms with Crippen molar-refractivity contribution in [2.24, 2.45) is 0 Å². The Hall–Kier alpha value is -4.44. The molecule has 1 atom stereocenters. The van der Waals surface area contributed by atoms with Gasteiger partial charge in [-0.15, -0.1) is 0 Å². The number of pyridine rings is 1. The Morgan fingerprint density at radius 1 is 1.14 bits per heavy atom. The Bertz CT molecular complexity index is 1610. The van der Waals surface area contributed by atoms with Gasteiger partial charge in [-0.3, -0.25) is 9.78 Å². The highest BCUT2D eigenvalue weighted by atomic mass is 19.3. The first kappa shape index (κ1) is 29.1. The number of nitrogens with one attached hydrogen (secondary N) is 2. The Balaban J connectivity index is 1.38. The highest BCUT2D eigenvalue weighted by Crippen LogP contribution is 2.35. The van der Waals surface area contributed by atoms with Gasteiger partial charge in [0, 0.05) is 18.4 Å². The molecule has 1 fully saturated rings. The second-order valence-electron chi connectivity index (χ2n) is 11.1. The summed E-state index contributed by atoms with van der Waals surface area (Å²) in [7, 11) is 0. The zero-order chi connectivity index (χ0) is 30.0. The number of hydrogen-bond acceptors (Lipinski definition) is 7. The van der Waals surface area contributed by atoms with Gasteiger partial charge in [0.1, 0.15) is 12.2 Å². The van der Waals surface area contributed by atoms with Gasteiger partial charge in [-0.25, -0.2) is 13.6 Å². The lowest BCUT2D eigenvalue weighted by atomic mass is 9.83. The number of rotatable bonds is 9. The fourth-order valence-corrected chi connectivity index (χ4v) is 5.14. The number of alkyl halides is 3. The van der Waals surface area contributed by atoms with Crippen LogP contribution in [-0.4, -0.2) is 59.8 Å². The van der Waals surface area contributed by atoms with Gasteiger partial charge < -0.3 is 15.7 Å². The quantitative estimate of drug-likeness (QED) is 0.258. The maximum Gasteiger partial charge on any atom is 0.333 e. The zero-order valence-corrected chi connectivity index (χ0v) is 23.1. The van der Waals surface area contributed by atoms with Crippen LogP contribution < -0.4 is 10.6 Å². The van der Waals surface area contributed by atoms with Crippen molar-refractivity contribution in [3.63, 3.8) is 0 Å². The van der Waals surface area contributed by atoms with Crippen LogP contribution in [0.25, 0.3) is 16.9 Å². The summed E-state index contributed by atoms with van der Waals surface area (Å²) in [4.78, 5) is 17.6. The Morgan fingerprint density at radius 2 is 1.90 bits per heavy atom. The molecule has 42 heavy (non-hydrogen) atoms. The van der Waals surface area contributed by atoms with Crippen LogP contribution in [-0.2, 0) is 0 Å². The lowest BCUT2D eigenvalue weighted by molar-refractivity contribution is -0.00178. The van der Waals surface area contributed by atoms with Crippen LogP contribution in [0.15, 0.2) is 49.1 Å². The number of aliphatic hydroxyl groups is 1. The predicted octanol–water partition coefficient (Wildman–Crippen LogP) is 4.84. The molecule has 1 saturated carbocycles. The van der Waals surface area contributed by atoms with E-state index in [1.165, 1.54) is 38.6 Å². The molecule has 0 radical (unpaired) electrons. The number of fused-ring (bicyclic) bond motifs is 1. The van der Waals surface area contributed by atoms with E-state index in [9.17, 15) is 28.3 Å². The molecule has 5 rings (SSSR count). The molecule has 1 amide bonds. The van der Waals surface area contributed by atoms with Gasteiger partial charge in [0.25, 0.3) is 5.91 Å². The van der Waals surface area contributed by atoms with Crippen LogP contribution in [0, 0.1) is 11.3 Å². The van der Waals surface area contributed by atoms with Crippen LogP contribution in [0.5, 0.6) is 0 Å². The number of hydrogen-bond donors (Lipinski definition) is 3. The zero-order valence-electron chi connectivity index (χ0n) is 23.1. The van der Waals surface area contributed by atoms with Crippen molar-refractivity contribution < 1.29 is 23.1 Å². The fraction of sp³-hybridized carbons (Fsp3) is 0.414. The van der Waals surface area contributed by atoms with E-state index in [4.69, 9.17) is 0 Å². The molecule has 3 N–H and O–H groups in total. The highest BCUT2D eigenvalue weighted by Gasteiger charge is 2.29. The number of halogens is 3. The number of nitrogens with zero attached hydrogens (tertiary/aromatic N) is 6. The van der Waals surface area contributed by atoms with Crippen LogP contribution in [0.3, 0.4) is 0 Å². The number of amides is 1. The van der Waals surface area contributed by atoms with E-state index < -0.39 is 24.2 Å². The van der Waals surface area contributed by atoms with Crippen molar-refractivity contribution in [1.82, 2.24) is 29.7 Å². The third-order valence-corrected chi connectivity index (χ3v) is 7.63. The van der Waals surface area contributed by atoms with E-state index in [1.807, 2.05) is 12.1 Å². The molecule has 13 heteroatoms. The average molecular weight is 581 g/mol. The summed E-state index contributed by atoms with van der Waals surface area (Å²) in [5.74, 6) is -0.445. The van der Waals surface area contributed by atoms with E-state index in [-0.39, 0.29) is 24.1 Å². The smallest absolute Gasteiger partial charge is 0.333 e. The van der Waals surface area contributed by atoms with Crippen molar-refractivity contribution in [2.75, 3.05) is 11.9 Å². The lowest BCUT2D eigenvalue weighted by Gasteiger charge is -2.30. The normalized spacial score (nSPS) is 18.1. The maximum atomic E-state index is 14.4. The Kier molecular flexibility index (Phi) is 8.17. The summed E-state index contributed by atoms with van der Waals surface area (Å²) in [6.45, 7) is -0.399. The van der Waals surface area contributed by atoms with Crippen LogP contribution in [0.4, 0.5) is 18.9 Å². The molecule has 1 unspecified atom stereocenters. The van der Waals surface area contributed by atoms with Gasteiger partial charge in [0.15, 0.2) is 0 Å². The average Bonchev–Trinajstić information content (AvgIpc) is 3.63. The topological polar surface area (TPSA) is 133 Å². The molecule has 0 spiro atoms. The van der Waals surface area contributed by atoms with Crippen molar-refractivity contribution in [3.8, 4) is 17.5 Å². The van der Waals surface area contributed by atoms with Gasteiger partial charge in [-0.05, 0) is 75.3 Å². The number of nitriles is 1. The molecule has 0 aliphatic heterocycles. The molecule has 4 aromatic rings. The second kappa shape index (κ2) is 11.8. The van der Waals surface area contributed by atoms with Gasteiger partial charge in [-0.1, -0.05) is 0 Å². The van der Waals surface area contributed by atoms with Gasteiger partial charge in [0.05, 0.1) is 58.3 Å². The third-order valence-electron chi connectivity index (χ3n) is 7.63. The van der Waals surface area contributed by atoms with Gasteiger partial charge in [-0.2, -0.15) is 24.2 Å². The Labute approximate surface area is 240 Å². The van der Waals surface area contributed by atoms with E-state index >= 15 is 0 Å². The summed E-state index contributed by atoms with van der Waals surface area (Å²) >= 11 is 0. The minimum Gasteiger partial charge on any atom is -0.387 e. The van der Waals surface area contributed by atoms with Crippen molar-refractivity contribution in [3.05, 3.63) is 65.7 Å². The van der Waals surface area contributed by atoms with Crippen molar-refractivity contribution >= 4 is 17.1 Å². The molecule has 0 saturated heterocycles. The fourth-order valence-electron chi connectivity index (χ4n) is 5.14. The third kappa shape index (κ3) is 6.23. The van der Waals surface area contributed by atoms with Crippen LogP contribution >= 0.6 is 0 Å². The van der Waals surface area contributed by atoms with Crippen LogP contribution in [0.1, 0.15) is 73.5 Å². The number of carbonyl (C=O) groups is 1. The number of carbonyl (C=O) groups excluding carboxylic acids is 1. The number of aromatic nitrogens is 5. The summed E-state index contributed by atoms with van der Waals surface area (Å²) in [6, 6.07) is 9.12. The maximum absolute atomic E-state index is 14.4. The van der Waals surface area contributed by atoms with Gasteiger partial charge >= 0.3 is 6.55 Å². The summed E-state index contributed by atoms with van der Waals surface area (Å²) in [5.41, 5.74) is 2.17. The highest BCUT2D eigenvalue weighted by molar-refractivity contribution is 6.00. The molecule has 1 aliphatic carbocycles. The SMILES string of the molecule is CC(C)(O)C(F)CNC(=O)c1cnc(-c2ccc3cc(C#N)cnn23)cc1NC1CCC(c2cnn(C(F)F)c2)CC1. The minimum absolute atomic E-state index is 0.0149. The van der Waals surface area contributed by atoms with Gasteiger partial charge in [0.2, 0.25) is 0 Å². The molecule has 220 valence electrons. The Morgan fingerprint density at radius 3 is 2.57 bits per heavy atom. The molecular weight excluding hydrogens is 549 g/mol. The van der Waals surface area contributed by atoms with E-state index in [0.717, 1.165) is 31.2 Å². The monoisotopic (exact) mass is 580 g/mol. The first-order valence-electron chi connectivity index (χ1n) is 13.6. The van der Waals surface area contributed by atoms with Crippen LogP contribution in [0.2, 0.25) is 0 Å². The molecule has 0 bridgehead atoms. The summed E-state index contributed by atoms with van der Waals surface area (Å²) < 4.78 is 42.6. The first-order valence-corrected chi connectivity index (χ1v) is 13.6. The summed E-state index contributed by atoms with van der Waals surface area (Å²) in [6.07, 6.45) is 7.01. The van der Waals surface area contributed by atoms with Crippen molar-refractivity contribution in [1.29, 1.82) is 5.26 Å². The predicted molar refractivity (Wildman–Crippen MR) is 149 cm³/mol. The largest absolute Gasteiger partial charge is 0.387 e. The molecular formula is C29H31F3N8O2. The van der Waals surface area contributed by atoms with Crippen molar-refractivity contribution in [2.45, 2.75) is 69.8 Å². The second-order valence-corrected chi connectivity index (χ2v) is 11.1. The summed E-state index contributed by atoms with van der Waals surface area (Å²) in [5, 5.41) is 33.2. The molecule has 1 aliphatic rings. The number of anilines is 1. The van der Waals surface area contributed by atoms with E-state index in [0.29, 0.717) is 32.8 Å². The molecule has 4 aromatic heterocycles. The first-order chi connectivity index (χ1) is 20.0. The lowest BCUT2D eigenvalue weighted by Crippen LogP contribution is -2.42. The molecule has 4 heterocycles. The minimum atomic E-state index is -2.68. The van der Waals surface area contributed by atoms with E-state index in [1.54, 1.807) is 16.6 Å². The molecule has 10 nitrogen and oxygen atoms in total.